The van der Waals surface area contributed by atoms with Gasteiger partial charge >= 0.3 is 11.9 Å². The third kappa shape index (κ3) is 5.75. The molecule has 0 saturated carbocycles. The molecule has 2 N–H and O–H groups in total. The molecule has 0 spiro atoms. The summed E-state index contributed by atoms with van der Waals surface area (Å²) in [6.07, 6.45) is -0.000723. The average molecular weight is 389 g/mol. The minimum absolute atomic E-state index is 0.000723. The number of carboxylic acids is 1. The second-order valence-electron chi connectivity index (χ2n) is 5.59. The molecule has 0 fully saturated rings. The van der Waals surface area contributed by atoms with Crippen molar-refractivity contribution in [3.63, 3.8) is 0 Å². The van der Waals surface area contributed by atoms with Crippen LogP contribution in [-0.4, -0.2) is 46.1 Å². The van der Waals surface area contributed by atoms with Gasteiger partial charge in [-0.1, -0.05) is 24.3 Å². The zero-order valence-electron chi connectivity index (χ0n) is 14.6. The van der Waals surface area contributed by atoms with E-state index < -0.39 is 34.7 Å². The summed E-state index contributed by atoms with van der Waals surface area (Å²) in [4.78, 5) is 35.9. The summed E-state index contributed by atoms with van der Waals surface area (Å²) in [5.41, 5.74) is 0.315. The van der Waals surface area contributed by atoms with E-state index in [-0.39, 0.29) is 23.3 Å². The molecular formula is C19H19NO6S. The largest absolute Gasteiger partial charge is 0.480 e. The van der Waals surface area contributed by atoms with Crippen LogP contribution >= 0.6 is 0 Å². The minimum Gasteiger partial charge on any atom is -0.480 e. The van der Waals surface area contributed by atoms with Crippen molar-refractivity contribution in [2.24, 2.45) is 0 Å². The van der Waals surface area contributed by atoms with Crippen LogP contribution in [0.15, 0.2) is 59.5 Å². The van der Waals surface area contributed by atoms with Crippen molar-refractivity contribution >= 4 is 28.6 Å². The number of hydrogen-bond donors (Lipinski definition) is 2. The number of nitrogens with one attached hydrogen (secondary N) is 1. The molecule has 2 aromatic carbocycles. The predicted molar refractivity (Wildman–Crippen MR) is 99.0 cm³/mol. The van der Waals surface area contributed by atoms with E-state index in [4.69, 9.17) is 0 Å². The number of hydrogen-bond acceptors (Lipinski definition) is 5. The van der Waals surface area contributed by atoms with E-state index in [0.717, 1.165) is 0 Å². The van der Waals surface area contributed by atoms with E-state index >= 15 is 0 Å². The topological polar surface area (TPSA) is 110 Å². The van der Waals surface area contributed by atoms with Gasteiger partial charge < -0.3 is 15.2 Å². The van der Waals surface area contributed by atoms with Crippen LogP contribution in [0.2, 0.25) is 0 Å². The number of amides is 1. The molecular weight excluding hydrogens is 370 g/mol. The van der Waals surface area contributed by atoms with Gasteiger partial charge in [-0.25, -0.2) is 9.59 Å². The van der Waals surface area contributed by atoms with Gasteiger partial charge in [-0.3, -0.25) is 9.00 Å². The lowest BCUT2D eigenvalue weighted by atomic mass is 10.1. The number of carbonyl (C=O) groups excluding carboxylic acids is 2. The average Bonchev–Trinajstić information content (AvgIpc) is 2.70. The van der Waals surface area contributed by atoms with Crippen molar-refractivity contribution in [2.45, 2.75) is 17.4 Å². The molecule has 0 radical (unpaired) electrons. The predicted octanol–water partition coefficient (Wildman–Crippen LogP) is 1.85. The van der Waals surface area contributed by atoms with Crippen LogP contribution in [0.25, 0.3) is 0 Å². The van der Waals surface area contributed by atoms with Crippen LogP contribution in [0.4, 0.5) is 0 Å². The van der Waals surface area contributed by atoms with Gasteiger partial charge in [0.25, 0.3) is 5.91 Å². The van der Waals surface area contributed by atoms with E-state index in [1.54, 1.807) is 30.3 Å². The Morgan fingerprint density at radius 2 is 1.74 bits per heavy atom. The lowest BCUT2D eigenvalue weighted by Crippen LogP contribution is -2.41. The summed E-state index contributed by atoms with van der Waals surface area (Å²) in [6, 6.07) is 13.3. The fourth-order valence-electron chi connectivity index (χ4n) is 2.32. The van der Waals surface area contributed by atoms with Gasteiger partial charge in [0.2, 0.25) is 0 Å². The molecule has 2 atom stereocenters. The maximum absolute atomic E-state index is 12.3. The highest BCUT2D eigenvalue weighted by Gasteiger charge is 2.22. The summed E-state index contributed by atoms with van der Waals surface area (Å²) >= 11 is 0. The van der Waals surface area contributed by atoms with E-state index in [0.29, 0.717) is 4.90 Å². The molecule has 142 valence electrons. The molecule has 0 aliphatic rings. The van der Waals surface area contributed by atoms with Crippen LogP contribution in [0.3, 0.4) is 0 Å². The van der Waals surface area contributed by atoms with Crippen LogP contribution in [0.1, 0.15) is 27.1 Å². The minimum atomic E-state index is -1.37. The van der Waals surface area contributed by atoms with Gasteiger partial charge in [0.05, 0.1) is 23.5 Å². The molecule has 27 heavy (non-hydrogen) atoms. The molecule has 1 amide bonds. The summed E-state index contributed by atoms with van der Waals surface area (Å²) in [7, 11) is -0.142. The third-order valence-corrected chi connectivity index (χ3v) is 5.15. The Kier molecular flexibility index (Phi) is 7.25. The standard InChI is InChI=1S/C19H19NO6S/c1-26-19(24)14-7-5-6-13(12-14)17(21)20-16(18(22)23)10-11-27(25)15-8-3-2-4-9-15/h2-9,12,16H,10-11H2,1H3,(H,20,21)(H,22,23)/t16-,27+/m1/s1. The molecule has 8 heteroatoms. The fourth-order valence-corrected chi connectivity index (χ4v) is 3.47. The monoisotopic (exact) mass is 389 g/mol. The number of methoxy groups -OCH3 is 1. The molecule has 7 nitrogen and oxygen atoms in total. The second-order valence-corrected chi connectivity index (χ2v) is 7.16. The first-order valence-corrected chi connectivity index (χ1v) is 9.39. The number of benzene rings is 2. The summed E-state index contributed by atoms with van der Waals surface area (Å²) in [5, 5.41) is 11.7. The van der Waals surface area contributed by atoms with E-state index in [2.05, 4.69) is 10.1 Å². The molecule has 0 unspecified atom stereocenters. The Hall–Kier alpha value is -3.00. The van der Waals surface area contributed by atoms with Crippen molar-refractivity contribution in [3.8, 4) is 0 Å². The first kappa shape index (κ1) is 20.3. The first-order chi connectivity index (χ1) is 12.9. The van der Waals surface area contributed by atoms with Crippen molar-refractivity contribution in [2.75, 3.05) is 12.9 Å². The number of aliphatic carboxylic acids is 1. The molecule has 0 saturated heterocycles. The van der Waals surface area contributed by atoms with Gasteiger partial charge in [0, 0.05) is 16.2 Å². The van der Waals surface area contributed by atoms with E-state index in [9.17, 15) is 23.7 Å². The highest BCUT2D eigenvalue weighted by atomic mass is 32.2. The van der Waals surface area contributed by atoms with Gasteiger partial charge in [0.1, 0.15) is 6.04 Å². The zero-order chi connectivity index (χ0) is 19.8. The Morgan fingerprint density at radius 3 is 2.37 bits per heavy atom. The van der Waals surface area contributed by atoms with Gasteiger partial charge in [0.15, 0.2) is 0 Å². The summed E-state index contributed by atoms with van der Waals surface area (Å²) in [6.45, 7) is 0. The number of ether oxygens (including phenoxy) is 1. The van der Waals surface area contributed by atoms with Gasteiger partial charge in [-0.05, 0) is 36.8 Å². The van der Waals surface area contributed by atoms with Crippen LogP contribution in [0.5, 0.6) is 0 Å². The molecule has 2 rings (SSSR count). The maximum atomic E-state index is 12.3. The van der Waals surface area contributed by atoms with Crippen molar-refractivity contribution in [1.82, 2.24) is 5.32 Å². The fraction of sp³-hybridized carbons (Fsp3) is 0.211. The Balaban J connectivity index is 2.03. The highest BCUT2D eigenvalue weighted by Crippen LogP contribution is 2.10. The number of esters is 1. The summed E-state index contributed by atoms with van der Waals surface area (Å²) < 4.78 is 16.8. The molecule has 0 aliphatic carbocycles. The lowest BCUT2D eigenvalue weighted by Gasteiger charge is -2.14. The maximum Gasteiger partial charge on any atom is 0.337 e. The Morgan fingerprint density at radius 1 is 1.07 bits per heavy atom. The Bertz CT molecular complexity index is 852. The normalized spacial score (nSPS) is 12.6. The molecule has 2 aromatic rings. The number of carboxylic acid groups (broad SMARTS) is 1. The highest BCUT2D eigenvalue weighted by molar-refractivity contribution is 7.85. The van der Waals surface area contributed by atoms with Crippen LogP contribution in [-0.2, 0) is 20.3 Å². The molecule has 0 bridgehead atoms. The molecule has 0 aliphatic heterocycles. The first-order valence-electron chi connectivity index (χ1n) is 8.08. The SMILES string of the molecule is COC(=O)c1cccc(C(=O)N[C@H](CC[S@](=O)c2ccccc2)C(=O)O)c1. The quantitative estimate of drug-likeness (QED) is 0.667. The van der Waals surface area contributed by atoms with Crippen LogP contribution < -0.4 is 5.32 Å². The zero-order valence-corrected chi connectivity index (χ0v) is 15.4. The number of carbonyl (C=O) groups is 3. The van der Waals surface area contributed by atoms with E-state index in [1.165, 1.54) is 31.4 Å². The number of rotatable bonds is 8. The summed E-state index contributed by atoms with van der Waals surface area (Å²) in [5.74, 6) is -2.38. The van der Waals surface area contributed by atoms with Crippen molar-refractivity contribution < 1.29 is 28.4 Å². The third-order valence-electron chi connectivity index (χ3n) is 3.75. The Labute approximate surface area is 158 Å². The molecule has 0 aromatic heterocycles. The lowest BCUT2D eigenvalue weighted by molar-refractivity contribution is -0.139. The second kappa shape index (κ2) is 9.63. The molecule has 0 heterocycles. The van der Waals surface area contributed by atoms with Crippen LogP contribution in [0, 0.1) is 0 Å². The van der Waals surface area contributed by atoms with Gasteiger partial charge in [-0.15, -0.1) is 0 Å². The van der Waals surface area contributed by atoms with Crippen molar-refractivity contribution in [1.29, 1.82) is 0 Å². The smallest absolute Gasteiger partial charge is 0.337 e. The van der Waals surface area contributed by atoms with Crippen molar-refractivity contribution in [3.05, 3.63) is 65.7 Å². The van der Waals surface area contributed by atoms with Gasteiger partial charge in [-0.2, -0.15) is 0 Å². The van der Waals surface area contributed by atoms with E-state index in [1.807, 2.05) is 0 Å².